The Labute approximate surface area is 191 Å². The molecule has 2 fully saturated rings. The maximum Gasteiger partial charge on any atom is 0.291 e. The third kappa shape index (κ3) is 4.20. The van der Waals surface area contributed by atoms with E-state index in [9.17, 15) is 13.2 Å². The van der Waals surface area contributed by atoms with Crippen LogP contribution in [-0.2, 0) is 0 Å². The molecule has 1 aliphatic carbocycles. The Bertz CT molecular complexity index is 1110. The molecule has 2 aliphatic rings. The molecule has 32 heavy (non-hydrogen) atoms. The number of hydrogen-bond donors (Lipinski definition) is 2. The molecule has 1 saturated carbocycles. The minimum atomic E-state index is -2.67. The van der Waals surface area contributed by atoms with Gasteiger partial charge in [0.15, 0.2) is 15.8 Å². The van der Waals surface area contributed by atoms with Crippen LogP contribution in [0.25, 0.3) is 16.3 Å². The number of alkyl halides is 3. The summed E-state index contributed by atoms with van der Waals surface area (Å²) in [5, 5.41) is 10.8. The predicted octanol–water partition coefficient (Wildman–Crippen LogP) is 4.08. The third-order valence-corrected chi connectivity index (χ3v) is 7.96. The van der Waals surface area contributed by atoms with Crippen molar-refractivity contribution in [2.75, 3.05) is 24.7 Å². The highest BCUT2D eigenvalue weighted by atomic mass is 32.2. The molecule has 0 radical (unpaired) electrons. The van der Waals surface area contributed by atoms with Crippen molar-refractivity contribution in [1.29, 1.82) is 0 Å². The zero-order chi connectivity index (χ0) is 22.5. The Hall–Kier alpha value is -1.89. The number of aromatic nitrogens is 4. The molecule has 7 nitrogen and oxygen atoms in total. The molecule has 0 aromatic carbocycles. The van der Waals surface area contributed by atoms with Gasteiger partial charge in [-0.05, 0) is 44.7 Å². The van der Waals surface area contributed by atoms with Gasteiger partial charge in [-0.2, -0.15) is 0 Å². The fraction of sp³-hybridized carbons (Fsp3) is 0.550. The average Bonchev–Trinajstić information content (AvgIpc) is 3.17. The maximum atomic E-state index is 13.4. The summed E-state index contributed by atoms with van der Waals surface area (Å²) in [5.74, 6) is 0.468. The second-order valence-corrected chi connectivity index (χ2v) is 10.6. The monoisotopic (exact) mass is 483 g/mol. The van der Waals surface area contributed by atoms with Crippen LogP contribution >= 0.6 is 23.3 Å². The van der Waals surface area contributed by atoms with Gasteiger partial charge in [0.05, 0.1) is 23.4 Å². The van der Waals surface area contributed by atoms with Gasteiger partial charge >= 0.3 is 0 Å². The fourth-order valence-corrected chi connectivity index (χ4v) is 5.34. The van der Waals surface area contributed by atoms with E-state index >= 15 is 0 Å². The smallest absolute Gasteiger partial charge is 0.291 e. The van der Waals surface area contributed by atoms with Crippen LogP contribution in [0, 0.1) is 0 Å². The van der Waals surface area contributed by atoms with E-state index in [-0.39, 0.29) is 22.6 Å². The van der Waals surface area contributed by atoms with Crippen molar-refractivity contribution in [2.45, 2.75) is 55.6 Å². The molecule has 1 aliphatic heterocycles. The van der Waals surface area contributed by atoms with Crippen molar-refractivity contribution in [2.24, 2.45) is 0 Å². The lowest BCUT2D eigenvalue weighted by molar-refractivity contribution is 0.150. The average molecular weight is 484 g/mol. The topological polar surface area (TPSA) is 70.4 Å². The van der Waals surface area contributed by atoms with Crippen LogP contribution in [0.15, 0.2) is 23.4 Å². The van der Waals surface area contributed by atoms with E-state index in [1.807, 2.05) is 10.6 Å². The Morgan fingerprint density at radius 3 is 2.88 bits per heavy atom. The van der Waals surface area contributed by atoms with E-state index in [2.05, 4.69) is 50.0 Å². The lowest BCUT2D eigenvalue weighted by atomic mass is 10.1. The van der Waals surface area contributed by atoms with Crippen molar-refractivity contribution in [3.63, 3.8) is 0 Å². The number of imidazole rings is 1. The molecule has 0 amide bonds. The van der Waals surface area contributed by atoms with Gasteiger partial charge in [0, 0.05) is 35.8 Å². The standard InChI is InChI=1S/C20H24F3N7S2/c1-11-7-24-12(6-21)9-29(11)14-5-13(32-28-20(2)3-4-20)10-30-15(14)8-25-17(30)19-27-26-18(31-19)16(22)23/h5,8,10-12,16,24,28H,3-4,6-7,9H2,1-2H3/t11-,12-/m0/s1. The number of piperazine rings is 1. The van der Waals surface area contributed by atoms with Crippen LogP contribution < -0.4 is 14.9 Å². The Morgan fingerprint density at radius 1 is 1.38 bits per heavy atom. The number of anilines is 1. The molecule has 1 saturated heterocycles. The number of pyridine rings is 1. The van der Waals surface area contributed by atoms with Gasteiger partial charge in [-0.15, -0.1) is 10.2 Å². The van der Waals surface area contributed by atoms with Gasteiger partial charge in [0.2, 0.25) is 0 Å². The Morgan fingerprint density at radius 2 is 2.19 bits per heavy atom. The normalized spacial score (nSPS) is 22.8. The van der Waals surface area contributed by atoms with Crippen LogP contribution in [0.5, 0.6) is 0 Å². The molecular formula is C20H24F3N7S2. The van der Waals surface area contributed by atoms with Gasteiger partial charge in [-0.3, -0.25) is 9.12 Å². The largest absolute Gasteiger partial charge is 0.364 e. The lowest BCUT2D eigenvalue weighted by Crippen LogP contribution is -2.56. The van der Waals surface area contributed by atoms with Crippen LogP contribution in [0.1, 0.15) is 38.1 Å². The van der Waals surface area contributed by atoms with Crippen LogP contribution in [0.4, 0.5) is 18.9 Å². The Balaban J connectivity index is 1.58. The first-order valence-electron chi connectivity index (χ1n) is 10.5. The van der Waals surface area contributed by atoms with Crippen LogP contribution in [-0.4, -0.2) is 57.0 Å². The molecule has 5 rings (SSSR count). The minimum absolute atomic E-state index is 0.130. The van der Waals surface area contributed by atoms with Gasteiger partial charge in [0.1, 0.15) is 6.67 Å². The van der Waals surface area contributed by atoms with Crippen molar-refractivity contribution < 1.29 is 13.2 Å². The zero-order valence-electron chi connectivity index (χ0n) is 17.7. The summed E-state index contributed by atoms with van der Waals surface area (Å²) in [6, 6.07) is 2.00. The number of rotatable bonds is 7. The number of halogens is 3. The number of nitrogens with one attached hydrogen (secondary N) is 2. The molecule has 2 N–H and O–H groups in total. The summed E-state index contributed by atoms with van der Waals surface area (Å²) >= 11 is 2.38. The highest BCUT2D eigenvalue weighted by molar-refractivity contribution is 7.97. The number of fused-ring (bicyclic) bond motifs is 1. The quantitative estimate of drug-likeness (QED) is 0.491. The van der Waals surface area contributed by atoms with Crippen LogP contribution in [0.3, 0.4) is 0 Å². The molecule has 2 atom stereocenters. The molecular weight excluding hydrogens is 459 g/mol. The van der Waals surface area contributed by atoms with E-state index in [1.54, 1.807) is 18.1 Å². The third-order valence-electron chi connectivity index (χ3n) is 5.98. The van der Waals surface area contributed by atoms with Gasteiger partial charge in [-0.25, -0.2) is 18.2 Å². The maximum absolute atomic E-state index is 13.4. The van der Waals surface area contributed by atoms with Crippen molar-refractivity contribution >= 4 is 34.5 Å². The van der Waals surface area contributed by atoms with E-state index in [1.165, 1.54) is 0 Å². The van der Waals surface area contributed by atoms with E-state index in [0.717, 1.165) is 40.3 Å². The summed E-state index contributed by atoms with van der Waals surface area (Å²) in [7, 11) is 0. The summed E-state index contributed by atoms with van der Waals surface area (Å²) in [6.45, 7) is 5.03. The summed E-state index contributed by atoms with van der Waals surface area (Å²) < 4.78 is 45.0. The highest BCUT2D eigenvalue weighted by Crippen LogP contribution is 2.39. The van der Waals surface area contributed by atoms with Gasteiger partial charge < -0.3 is 10.2 Å². The molecule has 0 unspecified atom stereocenters. The van der Waals surface area contributed by atoms with Gasteiger partial charge in [-0.1, -0.05) is 11.3 Å². The fourth-order valence-electron chi connectivity index (χ4n) is 3.75. The van der Waals surface area contributed by atoms with E-state index < -0.39 is 13.1 Å². The van der Waals surface area contributed by atoms with E-state index in [4.69, 9.17) is 0 Å². The first-order valence-corrected chi connectivity index (χ1v) is 12.1. The summed E-state index contributed by atoms with van der Waals surface area (Å²) in [5.41, 5.74) is 1.88. The number of hydrogen-bond acceptors (Lipinski definition) is 8. The predicted molar refractivity (Wildman–Crippen MR) is 120 cm³/mol. The first kappa shape index (κ1) is 21.9. The molecule has 0 bridgehead atoms. The molecule has 0 spiro atoms. The molecule has 172 valence electrons. The van der Waals surface area contributed by atoms with E-state index in [0.29, 0.717) is 23.9 Å². The second-order valence-electron chi connectivity index (χ2n) is 8.67. The van der Waals surface area contributed by atoms with Gasteiger partial charge in [0.25, 0.3) is 6.43 Å². The summed E-state index contributed by atoms with van der Waals surface area (Å²) in [6.07, 6.45) is 3.24. The van der Waals surface area contributed by atoms with Crippen molar-refractivity contribution in [3.05, 3.63) is 23.5 Å². The molecule has 12 heteroatoms. The first-order chi connectivity index (χ1) is 15.4. The molecule has 3 aromatic rings. The second kappa shape index (κ2) is 8.47. The van der Waals surface area contributed by atoms with Crippen molar-refractivity contribution in [3.8, 4) is 10.8 Å². The molecule has 4 heterocycles. The minimum Gasteiger partial charge on any atom is -0.364 e. The SMILES string of the molecule is C[C@H]1CN[C@@H](CF)CN1c1cc(SNC2(C)CC2)cn2c(-c3nnc(C(F)F)s3)ncc12. The van der Waals surface area contributed by atoms with Crippen LogP contribution in [0.2, 0.25) is 0 Å². The molecule has 3 aromatic heterocycles. The summed E-state index contributed by atoms with van der Waals surface area (Å²) in [4.78, 5) is 7.65. The number of nitrogens with zero attached hydrogens (tertiary/aromatic N) is 5. The zero-order valence-corrected chi connectivity index (χ0v) is 19.3. The lowest BCUT2D eigenvalue weighted by Gasteiger charge is -2.40. The van der Waals surface area contributed by atoms with Crippen molar-refractivity contribution in [1.82, 2.24) is 29.6 Å². The highest BCUT2D eigenvalue weighted by Gasteiger charge is 2.37. The Kier molecular flexibility index (Phi) is 5.81.